The monoisotopic (exact) mass is 254 g/mol. The second kappa shape index (κ2) is 11.3. The first-order chi connectivity index (χ1) is 8.67. The molecule has 0 aromatic heterocycles. The van der Waals surface area contributed by atoms with Crippen LogP contribution in [0.25, 0.3) is 0 Å². The molecule has 0 saturated heterocycles. The zero-order chi connectivity index (χ0) is 13.8. The van der Waals surface area contributed by atoms with Gasteiger partial charge in [0.25, 0.3) is 0 Å². The van der Waals surface area contributed by atoms with Gasteiger partial charge in [-0.2, -0.15) is 0 Å². The Kier molecular flexibility index (Phi) is 10.8. The molecule has 0 fully saturated rings. The van der Waals surface area contributed by atoms with Gasteiger partial charge in [-0.3, -0.25) is 0 Å². The number of unbranched alkanes of at least 4 members (excludes halogenated alkanes) is 5. The molecule has 0 aliphatic heterocycles. The number of hydrogen-bond donors (Lipinski definition) is 0. The van der Waals surface area contributed by atoms with Crippen molar-refractivity contribution in [3.63, 3.8) is 0 Å². The molecular weight excluding hydrogens is 224 g/mol. The van der Waals surface area contributed by atoms with Crippen LogP contribution < -0.4 is 0 Å². The summed E-state index contributed by atoms with van der Waals surface area (Å²) in [6.07, 6.45) is 9.79. The molecule has 0 aliphatic carbocycles. The van der Waals surface area contributed by atoms with Gasteiger partial charge < -0.3 is 4.74 Å². The van der Waals surface area contributed by atoms with E-state index in [2.05, 4.69) is 13.8 Å². The minimum atomic E-state index is -0.139. The number of carbonyl (C=O) groups is 1. The van der Waals surface area contributed by atoms with E-state index < -0.39 is 0 Å². The van der Waals surface area contributed by atoms with Gasteiger partial charge in [0.05, 0.1) is 6.61 Å². The summed E-state index contributed by atoms with van der Waals surface area (Å²) in [5.74, 6) is -0.139. The lowest BCUT2D eigenvalue weighted by Crippen LogP contribution is -2.07. The molecular formula is C16H30O2. The quantitative estimate of drug-likeness (QED) is 0.310. The lowest BCUT2D eigenvalue weighted by atomic mass is 9.99. The highest BCUT2D eigenvalue weighted by Crippen LogP contribution is 2.18. The number of hydrogen-bond acceptors (Lipinski definition) is 2. The highest BCUT2D eigenvalue weighted by Gasteiger charge is 2.10. The summed E-state index contributed by atoms with van der Waals surface area (Å²) in [6, 6.07) is 0. The summed E-state index contributed by atoms with van der Waals surface area (Å²) in [5.41, 5.74) is 2.09. The molecule has 106 valence electrons. The van der Waals surface area contributed by atoms with E-state index in [1.807, 2.05) is 13.8 Å². The highest BCUT2D eigenvalue weighted by molar-refractivity contribution is 5.88. The van der Waals surface area contributed by atoms with Crippen LogP contribution in [-0.2, 0) is 9.53 Å². The van der Waals surface area contributed by atoms with Gasteiger partial charge in [0.1, 0.15) is 0 Å². The average Bonchev–Trinajstić information content (AvgIpc) is 2.37. The maximum atomic E-state index is 11.6. The third-order valence-electron chi connectivity index (χ3n) is 3.37. The molecule has 0 saturated carbocycles. The van der Waals surface area contributed by atoms with Crippen molar-refractivity contribution < 1.29 is 9.53 Å². The minimum absolute atomic E-state index is 0.139. The van der Waals surface area contributed by atoms with Crippen molar-refractivity contribution >= 4 is 5.97 Å². The van der Waals surface area contributed by atoms with Crippen molar-refractivity contribution in [2.45, 2.75) is 79.1 Å². The van der Waals surface area contributed by atoms with E-state index in [4.69, 9.17) is 4.74 Å². The Morgan fingerprint density at radius 3 is 2.11 bits per heavy atom. The van der Waals surface area contributed by atoms with Crippen LogP contribution in [0.1, 0.15) is 79.1 Å². The maximum Gasteiger partial charge on any atom is 0.333 e. The van der Waals surface area contributed by atoms with Crippen molar-refractivity contribution in [2.24, 2.45) is 0 Å². The second-order valence-corrected chi connectivity index (χ2v) is 4.82. The molecule has 18 heavy (non-hydrogen) atoms. The molecule has 0 heterocycles. The van der Waals surface area contributed by atoms with Crippen molar-refractivity contribution in [2.75, 3.05) is 6.61 Å². The average molecular weight is 254 g/mol. The Morgan fingerprint density at radius 2 is 1.56 bits per heavy atom. The molecule has 2 nitrogen and oxygen atoms in total. The summed E-state index contributed by atoms with van der Waals surface area (Å²) in [6.45, 7) is 8.57. The fourth-order valence-electron chi connectivity index (χ4n) is 2.13. The summed E-state index contributed by atoms with van der Waals surface area (Å²) in [5, 5.41) is 0. The molecule has 0 aromatic rings. The molecule has 0 aromatic carbocycles. The van der Waals surface area contributed by atoms with Crippen LogP contribution in [0, 0.1) is 0 Å². The molecule has 0 aliphatic rings. The minimum Gasteiger partial charge on any atom is -0.463 e. The highest BCUT2D eigenvalue weighted by atomic mass is 16.5. The smallest absolute Gasteiger partial charge is 0.333 e. The molecule has 0 bridgehead atoms. The molecule has 2 heteroatoms. The van der Waals surface area contributed by atoms with Gasteiger partial charge in [0.2, 0.25) is 0 Å². The van der Waals surface area contributed by atoms with Crippen LogP contribution in [0.2, 0.25) is 0 Å². The SMILES string of the molecule is CCCCCCCC/C(CC)=C(\C)C(=O)OCC. The van der Waals surface area contributed by atoms with Crippen LogP contribution in [0.3, 0.4) is 0 Å². The second-order valence-electron chi connectivity index (χ2n) is 4.82. The van der Waals surface area contributed by atoms with E-state index in [0.717, 1.165) is 18.4 Å². The van der Waals surface area contributed by atoms with Crippen molar-refractivity contribution in [1.82, 2.24) is 0 Å². The Labute approximate surface area is 113 Å². The zero-order valence-corrected chi connectivity index (χ0v) is 12.7. The van der Waals surface area contributed by atoms with E-state index >= 15 is 0 Å². The third-order valence-corrected chi connectivity index (χ3v) is 3.37. The Hall–Kier alpha value is -0.790. The van der Waals surface area contributed by atoms with Crippen molar-refractivity contribution in [3.8, 4) is 0 Å². The lowest BCUT2D eigenvalue weighted by molar-refractivity contribution is -0.138. The first-order valence-corrected chi connectivity index (χ1v) is 7.53. The number of ether oxygens (including phenoxy) is 1. The van der Waals surface area contributed by atoms with Gasteiger partial charge in [-0.05, 0) is 33.1 Å². The van der Waals surface area contributed by atoms with Gasteiger partial charge in [0.15, 0.2) is 0 Å². The van der Waals surface area contributed by atoms with Crippen LogP contribution >= 0.6 is 0 Å². The van der Waals surface area contributed by atoms with Crippen molar-refractivity contribution in [3.05, 3.63) is 11.1 Å². The molecule has 0 unspecified atom stereocenters. The predicted molar refractivity (Wildman–Crippen MR) is 77.6 cm³/mol. The predicted octanol–water partition coefficient (Wildman–Crippen LogP) is 5.03. The number of esters is 1. The Morgan fingerprint density at radius 1 is 0.944 bits per heavy atom. The van der Waals surface area contributed by atoms with Gasteiger partial charge in [-0.1, -0.05) is 51.5 Å². The van der Waals surface area contributed by atoms with Crippen LogP contribution in [0.5, 0.6) is 0 Å². The number of allylic oxidation sites excluding steroid dienone is 1. The first kappa shape index (κ1) is 17.2. The first-order valence-electron chi connectivity index (χ1n) is 7.53. The van der Waals surface area contributed by atoms with Gasteiger partial charge in [-0.25, -0.2) is 4.79 Å². The summed E-state index contributed by atoms with van der Waals surface area (Å²) < 4.78 is 5.05. The third kappa shape index (κ3) is 7.52. The van der Waals surface area contributed by atoms with Crippen LogP contribution in [-0.4, -0.2) is 12.6 Å². The van der Waals surface area contributed by atoms with E-state index in [9.17, 15) is 4.79 Å². The van der Waals surface area contributed by atoms with E-state index in [1.165, 1.54) is 44.1 Å². The Balaban J connectivity index is 4.01. The topological polar surface area (TPSA) is 26.3 Å². The lowest BCUT2D eigenvalue weighted by Gasteiger charge is -2.10. The normalized spacial score (nSPS) is 12.2. The largest absolute Gasteiger partial charge is 0.463 e. The fourth-order valence-corrected chi connectivity index (χ4v) is 2.13. The number of carbonyl (C=O) groups excluding carboxylic acids is 1. The van der Waals surface area contributed by atoms with E-state index in [0.29, 0.717) is 6.61 Å². The summed E-state index contributed by atoms with van der Waals surface area (Å²) in [7, 11) is 0. The number of rotatable bonds is 10. The van der Waals surface area contributed by atoms with E-state index in [-0.39, 0.29) is 5.97 Å². The van der Waals surface area contributed by atoms with Gasteiger partial charge in [-0.15, -0.1) is 0 Å². The molecule has 0 amide bonds. The standard InChI is InChI=1S/C16H30O2/c1-5-8-9-10-11-12-13-15(6-2)14(4)16(17)18-7-3/h5-13H2,1-4H3/b15-14+. The van der Waals surface area contributed by atoms with Crippen LogP contribution in [0.4, 0.5) is 0 Å². The Bertz CT molecular complexity index is 254. The van der Waals surface area contributed by atoms with Gasteiger partial charge in [0, 0.05) is 5.57 Å². The zero-order valence-electron chi connectivity index (χ0n) is 12.7. The molecule has 0 radical (unpaired) electrons. The summed E-state index contributed by atoms with van der Waals surface area (Å²) >= 11 is 0. The molecule has 0 rings (SSSR count). The summed E-state index contributed by atoms with van der Waals surface area (Å²) in [4.78, 5) is 11.6. The van der Waals surface area contributed by atoms with Crippen molar-refractivity contribution in [1.29, 1.82) is 0 Å². The molecule has 0 spiro atoms. The maximum absolute atomic E-state index is 11.6. The van der Waals surface area contributed by atoms with Crippen LogP contribution in [0.15, 0.2) is 11.1 Å². The molecule has 0 atom stereocenters. The van der Waals surface area contributed by atoms with E-state index in [1.54, 1.807) is 0 Å². The fraction of sp³-hybridized carbons (Fsp3) is 0.812. The molecule has 0 N–H and O–H groups in total. The van der Waals surface area contributed by atoms with Gasteiger partial charge >= 0.3 is 5.97 Å².